The Labute approximate surface area is 170 Å². The molecule has 2 saturated heterocycles. The van der Waals surface area contributed by atoms with Crippen LogP contribution in [-0.4, -0.2) is 49.4 Å². The summed E-state index contributed by atoms with van der Waals surface area (Å²) in [5.74, 6) is 0.471. The number of likely N-dealkylation sites (tertiary alicyclic amines) is 1. The lowest BCUT2D eigenvalue weighted by molar-refractivity contribution is -0.126. The lowest BCUT2D eigenvalue weighted by Gasteiger charge is -2.31. The number of anilines is 1. The van der Waals surface area contributed by atoms with Gasteiger partial charge in [0, 0.05) is 36.6 Å². The van der Waals surface area contributed by atoms with E-state index in [9.17, 15) is 9.59 Å². The van der Waals surface area contributed by atoms with Crippen LogP contribution in [0.3, 0.4) is 0 Å². The third-order valence-electron chi connectivity index (χ3n) is 5.82. The highest BCUT2D eigenvalue weighted by atomic mass is 32.1. The lowest BCUT2D eigenvalue weighted by Crippen LogP contribution is -2.41. The number of thiophene rings is 1. The largest absolute Gasteiger partial charge is 0.355 e. The van der Waals surface area contributed by atoms with Crippen molar-refractivity contribution in [3.8, 4) is 0 Å². The molecule has 3 heterocycles. The maximum absolute atomic E-state index is 12.5. The van der Waals surface area contributed by atoms with E-state index in [0.717, 1.165) is 25.3 Å². The fourth-order valence-corrected chi connectivity index (χ4v) is 5.09. The summed E-state index contributed by atoms with van der Waals surface area (Å²) in [4.78, 5) is 30.4. The minimum absolute atomic E-state index is 0.000234. The smallest absolute Gasteiger partial charge is 0.227 e. The molecule has 1 aromatic carbocycles. The summed E-state index contributed by atoms with van der Waals surface area (Å²) in [5, 5.41) is 5.20. The van der Waals surface area contributed by atoms with Gasteiger partial charge in [-0.05, 0) is 55.4 Å². The summed E-state index contributed by atoms with van der Waals surface area (Å²) < 4.78 is 0. The number of hydrogen-bond donors (Lipinski definition) is 1. The van der Waals surface area contributed by atoms with Crippen molar-refractivity contribution in [1.82, 2.24) is 10.2 Å². The molecule has 1 aromatic heterocycles. The minimum atomic E-state index is -0.253. The molecule has 2 aromatic rings. The van der Waals surface area contributed by atoms with Crippen LogP contribution in [0.4, 0.5) is 5.69 Å². The van der Waals surface area contributed by atoms with E-state index >= 15 is 0 Å². The summed E-state index contributed by atoms with van der Waals surface area (Å²) >= 11 is 1.86. The number of carbonyl (C=O) groups excluding carboxylic acids is 2. The van der Waals surface area contributed by atoms with Gasteiger partial charge in [0.15, 0.2) is 0 Å². The Kier molecular flexibility index (Phi) is 6.07. The predicted molar refractivity (Wildman–Crippen MR) is 113 cm³/mol. The van der Waals surface area contributed by atoms with Gasteiger partial charge < -0.3 is 15.1 Å². The highest BCUT2D eigenvalue weighted by Crippen LogP contribution is 2.30. The number of nitrogens with one attached hydrogen (secondary N) is 1. The molecule has 0 bridgehead atoms. The van der Waals surface area contributed by atoms with Crippen LogP contribution in [0.2, 0.25) is 0 Å². The average molecular weight is 398 g/mol. The van der Waals surface area contributed by atoms with Crippen molar-refractivity contribution >= 4 is 28.8 Å². The van der Waals surface area contributed by atoms with Gasteiger partial charge in [-0.1, -0.05) is 24.3 Å². The number of rotatable bonds is 6. The molecule has 1 unspecified atom stereocenters. The number of nitrogens with zero attached hydrogens (tertiary/aromatic N) is 2. The van der Waals surface area contributed by atoms with Crippen molar-refractivity contribution in [2.45, 2.75) is 25.2 Å². The lowest BCUT2D eigenvalue weighted by atomic mass is 9.95. The molecule has 0 saturated carbocycles. The summed E-state index contributed by atoms with van der Waals surface area (Å²) in [7, 11) is 0. The molecule has 2 amide bonds. The molecule has 0 spiro atoms. The van der Waals surface area contributed by atoms with Crippen LogP contribution in [0.15, 0.2) is 47.8 Å². The molecular weight excluding hydrogens is 370 g/mol. The van der Waals surface area contributed by atoms with Crippen molar-refractivity contribution in [3.05, 3.63) is 52.7 Å². The summed E-state index contributed by atoms with van der Waals surface area (Å²) in [6.45, 7) is 4.18. The van der Waals surface area contributed by atoms with Crippen LogP contribution in [0.25, 0.3) is 0 Å². The molecule has 2 aliphatic rings. The summed E-state index contributed by atoms with van der Waals surface area (Å²) in [6.07, 6.45) is 2.68. The maximum atomic E-state index is 12.5. The molecule has 148 valence electrons. The highest BCUT2D eigenvalue weighted by Gasteiger charge is 2.35. The molecule has 2 fully saturated rings. The monoisotopic (exact) mass is 397 g/mol. The molecule has 0 radical (unpaired) electrons. The molecule has 0 aliphatic carbocycles. The van der Waals surface area contributed by atoms with Crippen LogP contribution in [0.5, 0.6) is 0 Å². The zero-order valence-corrected chi connectivity index (χ0v) is 16.9. The van der Waals surface area contributed by atoms with E-state index in [1.54, 1.807) is 4.90 Å². The molecule has 2 aliphatic heterocycles. The molecule has 1 N–H and O–H groups in total. The van der Waals surface area contributed by atoms with Crippen molar-refractivity contribution in [1.29, 1.82) is 0 Å². The number of amides is 2. The SMILES string of the molecule is O=C(NCCN1CCC(c2cccs2)CC1)C1CC(=O)N(c2ccccc2)C1. The van der Waals surface area contributed by atoms with Crippen molar-refractivity contribution in [3.63, 3.8) is 0 Å². The molecular formula is C22H27N3O2S. The summed E-state index contributed by atoms with van der Waals surface area (Å²) in [5.41, 5.74) is 0.872. The van der Waals surface area contributed by atoms with Crippen LogP contribution in [0, 0.1) is 5.92 Å². The van der Waals surface area contributed by atoms with Gasteiger partial charge in [0.1, 0.15) is 0 Å². The fourth-order valence-electron chi connectivity index (χ4n) is 4.19. The zero-order valence-electron chi connectivity index (χ0n) is 16.0. The van der Waals surface area contributed by atoms with E-state index in [2.05, 4.69) is 27.7 Å². The quantitative estimate of drug-likeness (QED) is 0.815. The van der Waals surface area contributed by atoms with Gasteiger partial charge in [0.05, 0.1) is 5.92 Å². The van der Waals surface area contributed by atoms with E-state index < -0.39 is 0 Å². The van der Waals surface area contributed by atoms with E-state index in [4.69, 9.17) is 0 Å². The Morgan fingerprint density at radius 2 is 1.89 bits per heavy atom. The van der Waals surface area contributed by atoms with Gasteiger partial charge >= 0.3 is 0 Å². The van der Waals surface area contributed by atoms with Crippen molar-refractivity contribution in [2.75, 3.05) is 37.6 Å². The van der Waals surface area contributed by atoms with Gasteiger partial charge in [-0.2, -0.15) is 0 Å². The second-order valence-electron chi connectivity index (χ2n) is 7.66. The van der Waals surface area contributed by atoms with Crippen molar-refractivity contribution in [2.24, 2.45) is 5.92 Å². The van der Waals surface area contributed by atoms with Crippen LogP contribution >= 0.6 is 11.3 Å². The van der Waals surface area contributed by atoms with Crippen LogP contribution in [-0.2, 0) is 9.59 Å². The number of piperidine rings is 1. The highest BCUT2D eigenvalue weighted by molar-refractivity contribution is 7.10. The standard InChI is InChI=1S/C22H27N3O2S/c26-21-15-18(16-25(21)19-5-2-1-3-6-19)22(27)23-10-13-24-11-8-17(9-12-24)20-7-4-14-28-20/h1-7,14,17-18H,8-13,15-16H2,(H,23,27). The first-order valence-corrected chi connectivity index (χ1v) is 11.0. The molecule has 6 heteroatoms. The molecule has 1 atom stereocenters. The number of hydrogen-bond acceptors (Lipinski definition) is 4. The molecule has 4 rings (SSSR count). The van der Waals surface area contributed by atoms with E-state index in [0.29, 0.717) is 25.4 Å². The molecule has 5 nitrogen and oxygen atoms in total. The van der Waals surface area contributed by atoms with Gasteiger partial charge in [0.25, 0.3) is 0 Å². The first-order valence-electron chi connectivity index (χ1n) is 10.1. The predicted octanol–water partition coefficient (Wildman–Crippen LogP) is 3.10. The third-order valence-corrected chi connectivity index (χ3v) is 6.86. The Morgan fingerprint density at radius 3 is 2.61 bits per heavy atom. The topological polar surface area (TPSA) is 52.7 Å². The first-order chi connectivity index (χ1) is 13.7. The zero-order chi connectivity index (χ0) is 19.3. The van der Waals surface area contributed by atoms with Gasteiger partial charge in [-0.15, -0.1) is 11.3 Å². The van der Waals surface area contributed by atoms with Crippen molar-refractivity contribution < 1.29 is 9.59 Å². The second-order valence-corrected chi connectivity index (χ2v) is 8.64. The van der Waals surface area contributed by atoms with E-state index in [-0.39, 0.29) is 17.7 Å². The minimum Gasteiger partial charge on any atom is -0.355 e. The van der Waals surface area contributed by atoms with Gasteiger partial charge in [-0.25, -0.2) is 0 Å². The Bertz CT molecular complexity index is 785. The number of para-hydroxylation sites is 1. The van der Waals surface area contributed by atoms with Gasteiger partial charge in [-0.3, -0.25) is 9.59 Å². The molecule has 28 heavy (non-hydrogen) atoms. The van der Waals surface area contributed by atoms with E-state index in [1.807, 2.05) is 41.7 Å². The van der Waals surface area contributed by atoms with E-state index in [1.165, 1.54) is 17.7 Å². The maximum Gasteiger partial charge on any atom is 0.227 e. The summed E-state index contributed by atoms with van der Waals surface area (Å²) in [6, 6.07) is 14.0. The Balaban J connectivity index is 1.19. The average Bonchev–Trinajstić information content (AvgIpc) is 3.39. The second kappa shape index (κ2) is 8.88. The third kappa shape index (κ3) is 4.45. The number of carbonyl (C=O) groups is 2. The van der Waals surface area contributed by atoms with Crippen LogP contribution in [0.1, 0.15) is 30.1 Å². The number of benzene rings is 1. The normalized spacial score (nSPS) is 21.2. The Morgan fingerprint density at radius 1 is 1.11 bits per heavy atom. The van der Waals surface area contributed by atoms with Gasteiger partial charge in [0.2, 0.25) is 11.8 Å². The fraction of sp³-hybridized carbons (Fsp3) is 0.455. The van der Waals surface area contributed by atoms with Crippen LogP contribution < -0.4 is 10.2 Å². The Hall–Kier alpha value is -2.18. The first kappa shape index (κ1) is 19.2.